The van der Waals surface area contributed by atoms with Gasteiger partial charge in [-0.3, -0.25) is 4.79 Å². The van der Waals surface area contributed by atoms with E-state index >= 15 is 0 Å². The lowest BCUT2D eigenvalue weighted by Crippen LogP contribution is -2.26. The van der Waals surface area contributed by atoms with Gasteiger partial charge in [-0.1, -0.05) is 20.8 Å². The molecule has 2 rings (SSSR count). The molecule has 1 aromatic rings. The van der Waals surface area contributed by atoms with Crippen LogP contribution in [0, 0.1) is 0 Å². The molecule has 1 aliphatic carbocycles. The fourth-order valence-electron chi connectivity index (χ4n) is 1.41. The van der Waals surface area contributed by atoms with Gasteiger partial charge in [0.15, 0.2) is 0 Å². The summed E-state index contributed by atoms with van der Waals surface area (Å²) in [4.78, 5) is 11.5. The quantitative estimate of drug-likeness (QED) is 0.681. The number of aromatic nitrogens is 2. The minimum absolute atomic E-state index is 0.0182. The topological polar surface area (TPSA) is 34.9 Å². The van der Waals surface area contributed by atoms with Crippen molar-refractivity contribution in [2.24, 2.45) is 0 Å². The predicted octanol–water partition coefficient (Wildman–Crippen LogP) is 1.88. The molecule has 0 bridgehead atoms. The molecular weight excluding hydrogens is 176 g/mol. The van der Waals surface area contributed by atoms with Gasteiger partial charge in [0.1, 0.15) is 0 Å². The van der Waals surface area contributed by atoms with Crippen molar-refractivity contribution in [2.45, 2.75) is 45.1 Å². The normalized spacial score (nSPS) is 17.1. The summed E-state index contributed by atoms with van der Waals surface area (Å²) in [5, 5.41) is 4.41. The first kappa shape index (κ1) is 9.44. The maximum Gasteiger partial charge on any atom is 0.267 e. The first-order chi connectivity index (χ1) is 6.48. The molecule has 0 aromatic carbocycles. The molecule has 3 heteroatoms. The van der Waals surface area contributed by atoms with Crippen LogP contribution in [0.1, 0.15) is 45.3 Å². The molecule has 1 aromatic heterocycles. The van der Waals surface area contributed by atoms with E-state index < -0.39 is 0 Å². The van der Waals surface area contributed by atoms with Crippen LogP contribution < -0.4 is 5.56 Å². The Bertz CT molecular complexity index is 396. The second-order valence-corrected chi connectivity index (χ2v) is 4.98. The minimum Gasteiger partial charge on any atom is -0.268 e. The third-order valence-electron chi connectivity index (χ3n) is 2.49. The molecule has 0 spiro atoms. The maximum absolute atomic E-state index is 11.5. The van der Waals surface area contributed by atoms with Crippen LogP contribution in [-0.2, 0) is 5.41 Å². The Morgan fingerprint density at radius 1 is 1.36 bits per heavy atom. The summed E-state index contributed by atoms with van der Waals surface area (Å²) >= 11 is 0. The van der Waals surface area contributed by atoms with Crippen molar-refractivity contribution < 1.29 is 0 Å². The largest absolute Gasteiger partial charge is 0.268 e. The van der Waals surface area contributed by atoms with Crippen LogP contribution in [0.2, 0.25) is 0 Å². The highest BCUT2D eigenvalue weighted by Crippen LogP contribution is 2.33. The number of hydrogen-bond acceptors (Lipinski definition) is 2. The van der Waals surface area contributed by atoms with E-state index in [1.54, 1.807) is 10.7 Å². The van der Waals surface area contributed by atoms with Crippen LogP contribution in [0.5, 0.6) is 0 Å². The zero-order valence-corrected chi connectivity index (χ0v) is 8.95. The van der Waals surface area contributed by atoms with Gasteiger partial charge in [0.25, 0.3) is 5.56 Å². The average molecular weight is 192 g/mol. The Labute approximate surface area is 83.8 Å². The van der Waals surface area contributed by atoms with E-state index in [1.807, 2.05) is 6.07 Å². The first-order valence-electron chi connectivity index (χ1n) is 5.09. The van der Waals surface area contributed by atoms with Crippen molar-refractivity contribution in [1.82, 2.24) is 9.78 Å². The van der Waals surface area contributed by atoms with Gasteiger partial charge < -0.3 is 0 Å². The van der Waals surface area contributed by atoms with Gasteiger partial charge in [-0.25, -0.2) is 4.68 Å². The highest BCUT2D eigenvalue weighted by Gasteiger charge is 2.27. The molecule has 14 heavy (non-hydrogen) atoms. The van der Waals surface area contributed by atoms with Crippen LogP contribution in [0.25, 0.3) is 0 Å². The summed E-state index contributed by atoms with van der Waals surface area (Å²) in [6.07, 6.45) is 2.20. The van der Waals surface area contributed by atoms with Crippen molar-refractivity contribution >= 4 is 0 Å². The van der Waals surface area contributed by atoms with E-state index in [4.69, 9.17) is 0 Å². The standard InChI is InChI=1S/C11H16N2O/c1-11(2,3)9-6-7-10(14)13(12-9)8-4-5-8/h6-8H,4-5H2,1-3H3. The summed E-state index contributed by atoms with van der Waals surface area (Å²) in [7, 11) is 0. The van der Waals surface area contributed by atoms with Crippen LogP contribution in [-0.4, -0.2) is 9.78 Å². The van der Waals surface area contributed by atoms with Gasteiger partial charge in [0, 0.05) is 11.5 Å². The monoisotopic (exact) mass is 192 g/mol. The summed E-state index contributed by atoms with van der Waals surface area (Å²) in [6, 6.07) is 3.83. The van der Waals surface area contributed by atoms with Crippen molar-refractivity contribution in [3.63, 3.8) is 0 Å². The number of rotatable bonds is 1. The zero-order valence-electron chi connectivity index (χ0n) is 8.95. The summed E-state index contributed by atoms with van der Waals surface area (Å²) in [5.74, 6) is 0. The number of nitrogens with zero attached hydrogens (tertiary/aromatic N) is 2. The molecule has 0 amide bonds. The zero-order chi connectivity index (χ0) is 10.3. The lowest BCUT2D eigenvalue weighted by molar-refractivity contribution is 0.505. The van der Waals surface area contributed by atoms with Gasteiger partial charge in [0.05, 0.1) is 11.7 Å². The van der Waals surface area contributed by atoms with E-state index in [-0.39, 0.29) is 11.0 Å². The number of hydrogen-bond donors (Lipinski definition) is 0. The molecule has 0 aliphatic heterocycles. The SMILES string of the molecule is CC(C)(C)c1ccc(=O)n(C2CC2)n1. The first-order valence-corrected chi connectivity index (χ1v) is 5.09. The lowest BCUT2D eigenvalue weighted by atomic mass is 9.92. The Balaban J connectivity index is 2.45. The van der Waals surface area contributed by atoms with E-state index in [0.29, 0.717) is 6.04 Å². The molecule has 1 fully saturated rings. The van der Waals surface area contributed by atoms with Crippen LogP contribution in [0.3, 0.4) is 0 Å². The molecule has 1 saturated carbocycles. The second-order valence-electron chi connectivity index (χ2n) is 4.98. The van der Waals surface area contributed by atoms with E-state index in [9.17, 15) is 4.79 Å². The van der Waals surface area contributed by atoms with Crippen LogP contribution in [0.15, 0.2) is 16.9 Å². The Kier molecular flexibility index (Phi) is 1.98. The van der Waals surface area contributed by atoms with Gasteiger partial charge >= 0.3 is 0 Å². The molecule has 76 valence electrons. The van der Waals surface area contributed by atoms with Gasteiger partial charge in [-0.15, -0.1) is 0 Å². The summed E-state index contributed by atoms with van der Waals surface area (Å²) in [5.41, 5.74) is 1.04. The van der Waals surface area contributed by atoms with Crippen LogP contribution in [0.4, 0.5) is 0 Å². The van der Waals surface area contributed by atoms with Crippen LogP contribution >= 0.6 is 0 Å². The molecule has 1 heterocycles. The minimum atomic E-state index is 0.0182. The Morgan fingerprint density at radius 2 is 2.00 bits per heavy atom. The third kappa shape index (κ3) is 1.72. The highest BCUT2D eigenvalue weighted by molar-refractivity contribution is 5.11. The fraction of sp³-hybridized carbons (Fsp3) is 0.636. The van der Waals surface area contributed by atoms with Crippen molar-refractivity contribution in [1.29, 1.82) is 0 Å². The molecule has 0 saturated heterocycles. The third-order valence-corrected chi connectivity index (χ3v) is 2.49. The molecular formula is C11H16N2O. The van der Waals surface area contributed by atoms with E-state index in [0.717, 1.165) is 18.5 Å². The van der Waals surface area contributed by atoms with E-state index in [2.05, 4.69) is 25.9 Å². The lowest BCUT2D eigenvalue weighted by Gasteiger charge is -2.18. The Hall–Kier alpha value is -1.12. The van der Waals surface area contributed by atoms with Gasteiger partial charge in [0.2, 0.25) is 0 Å². The molecule has 0 N–H and O–H groups in total. The highest BCUT2D eigenvalue weighted by atomic mass is 16.1. The predicted molar refractivity (Wildman–Crippen MR) is 55.5 cm³/mol. The molecule has 0 unspecified atom stereocenters. The Morgan fingerprint density at radius 3 is 2.50 bits per heavy atom. The smallest absolute Gasteiger partial charge is 0.267 e. The molecule has 0 radical (unpaired) electrons. The molecule has 0 atom stereocenters. The average Bonchev–Trinajstić information content (AvgIpc) is 2.85. The van der Waals surface area contributed by atoms with Crippen molar-refractivity contribution in [3.8, 4) is 0 Å². The van der Waals surface area contributed by atoms with Gasteiger partial charge in [-0.2, -0.15) is 5.10 Å². The van der Waals surface area contributed by atoms with E-state index in [1.165, 1.54) is 0 Å². The summed E-state index contributed by atoms with van der Waals surface area (Å²) in [6.45, 7) is 6.32. The van der Waals surface area contributed by atoms with Crippen molar-refractivity contribution in [3.05, 3.63) is 28.2 Å². The maximum atomic E-state index is 11.5. The fourth-order valence-corrected chi connectivity index (χ4v) is 1.41. The molecule has 1 aliphatic rings. The summed E-state index contributed by atoms with van der Waals surface area (Å²) < 4.78 is 1.64. The second kappa shape index (κ2) is 2.94. The molecule has 3 nitrogen and oxygen atoms in total. The van der Waals surface area contributed by atoms with Crippen molar-refractivity contribution in [2.75, 3.05) is 0 Å². The van der Waals surface area contributed by atoms with Gasteiger partial charge in [-0.05, 0) is 18.9 Å².